The maximum absolute atomic E-state index is 12.1. The van der Waals surface area contributed by atoms with Crippen molar-refractivity contribution in [2.24, 2.45) is 0 Å². The van der Waals surface area contributed by atoms with Crippen molar-refractivity contribution in [3.8, 4) is 6.07 Å². The zero-order chi connectivity index (χ0) is 18.2. The molecule has 0 fully saturated rings. The van der Waals surface area contributed by atoms with Crippen LogP contribution in [0.1, 0.15) is 46.4 Å². The van der Waals surface area contributed by atoms with Crippen LogP contribution in [0.3, 0.4) is 0 Å². The Morgan fingerprint density at radius 1 is 1.20 bits per heavy atom. The van der Waals surface area contributed by atoms with Gasteiger partial charge in [0.1, 0.15) is 0 Å². The largest absolute Gasteiger partial charge is 0.452 e. The molecule has 5 nitrogen and oxygen atoms in total. The predicted octanol–water partition coefficient (Wildman–Crippen LogP) is 3.29. The summed E-state index contributed by atoms with van der Waals surface area (Å²) in [5.41, 5.74) is 2.77. The lowest BCUT2D eigenvalue weighted by Crippen LogP contribution is -2.32. The lowest BCUT2D eigenvalue weighted by atomic mass is 10.0. The number of esters is 1. The van der Waals surface area contributed by atoms with E-state index in [-0.39, 0.29) is 24.1 Å². The number of carbonyl (C=O) groups excluding carboxylic acids is 2. The molecule has 0 bridgehead atoms. The Bertz CT molecular complexity index is 791. The van der Waals surface area contributed by atoms with E-state index in [4.69, 9.17) is 10.00 Å². The Morgan fingerprint density at radius 2 is 1.92 bits per heavy atom. The molecule has 1 atom stereocenters. The molecule has 0 saturated carbocycles. The molecule has 128 valence electrons. The Morgan fingerprint density at radius 3 is 2.56 bits per heavy atom. The van der Waals surface area contributed by atoms with Gasteiger partial charge in [0.05, 0.1) is 23.2 Å². The molecule has 0 spiro atoms. The van der Waals surface area contributed by atoms with E-state index in [1.165, 1.54) is 6.07 Å². The van der Waals surface area contributed by atoms with Gasteiger partial charge in [-0.2, -0.15) is 5.26 Å². The van der Waals surface area contributed by atoms with E-state index >= 15 is 0 Å². The minimum atomic E-state index is -0.629. The van der Waals surface area contributed by atoms with Gasteiger partial charge in [0.25, 0.3) is 5.91 Å². The second-order valence-corrected chi connectivity index (χ2v) is 5.71. The Kier molecular flexibility index (Phi) is 6.30. The van der Waals surface area contributed by atoms with Crippen LogP contribution < -0.4 is 5.32 Å². The highest BCUT2D eigenvalue weighted by Crippen LogP contribution is 2.17. The van der Waals surface area contributed by atoms with Gasteiger partial charge in [-0.1, -0.05) is 42.8 Å². The minimum Gasteiger partial charge on any atom is -0.452 e. The fourth-order valence-electron chi connectivity index (χ4n) is 2.39. The van der Waals surface area contributed by atoms with Crippen molar-refractivity contribution in [1.29, 1.82) is 5.26 Å². The molecule has 1 N–H and O–H groups in total. The van der Waals surface area contributed by atoms with Crippen LogP contribution >= 0.6 is 0 Å². The molecule has 0 saturated heterocycles. The number of amides is 1. The number of nitrogens with one attached hydrogen (secondary N) is 1. The summed E-state index contributed by atoms with van der Waals surface area (Å²) in [6.45, 7) is 3.62. The second kappa shape index (κ2) is 8.65. The van der Waals surface area contributed by atoms with Gasteiger partial charge in [-0.15, -0.1) is 0 Å². The molecule has 2 rings (SSSR count). The molecular formula is C20H20N2O3. The number of hydrogen-bond acceptors (Lipinski definition) is 4. The lowest BCUT2D eigenvalue weighted by molar-refractivity contribution is -0.125. The summed E-state index contributed by atoms with van der Waals surface area (Å²) in [4.78, 5) is 24.0. The smallest absolute Gasteiger partial charge is 0.338 e. The van der Waals surface area contributed by atoms with Gasteiger partial charge < -0.3 is 10.1 Å². The van der Waals surface area contributed by atoms with Crippen molar-refractivity contribution < 1.29 is 14.3 Å². The number of ether oxygens (including phenoxy) is 1. The average Bonchev–Trinajstić information content (AvgIpc) is 2.65. The van der Waals surface area contributed by atoms with E-state index in [9.17, 15) is 9.59 Å². The molecule has 0 radical (unpaired) electrons. The molecule has 1 amide bonds. The summed E-state index contributed by atoms with van der Waals surface area (Å²) >= 11 is 0. The summed E-state index contributed by atoms with van der Waals surface area (Å²) in [5, 5.41) is 11.7. The zero-order valence-corrected chi connectivity index (χ0v) is 14.3. The Labute approximate surface area is 147 Å². The molecule has 2 aromatic rings. The molecule has 5 heteroatoms. The van der Waals surface area contributed by atoms with E-state index < -0.39 is 5.97 Å². The van der Waals surface area contributed by atoms with E-state index in [0.717, 1.165) is 17.5 Å². The SMILES string of the molecule is CC[C@@H](NC(=O)COC(=O)c1cccc(C#N)c1)c1ccc(C)cc1. The van der Waals surface area contributed by atoms with Gasteiger partial charge in [-0.25, -0.2) is 4.79 Å². The van der Waals surface area contributed by atoms with Crippen LogP contribution in [0.25, 0.3) is 0 Å². The monoisotopic (exact) mass is 336 g/mol. The third-order valence-corrected chi connectivity index (χ3v) is 3.78. The quantitative estimate of drug-likeness (QED) is 0.821. The third kappa shape index (κ3) is 5.18. The molecule has 2 aromatic carbocycles. The fraction of sp³-hybridized carbons (Fsp3) is 0.250. The first-order valence-electron chi connectivity index (χ1n) is 8.06. The summed E-state index contributed by atoms with van der Waals surface area (Å²) in [6.07, 6.45) is 0.729. The number of hydrogen-bond donors (Lipinski definition) is 1. The fourth-order valence-corrected chi connectivity index (χ4v) is 2.39. The van der Waals surface area contributed by atoms with Crippen molar-refractivity contribution in [1.82, 2.24) is 5.32 Å². The van der Waals surface area contributed by atoms with Crippen LogP contribution in [-0.4, -0.2) is 18.5 Å². The van der Waals surface area contributed by atoms with Crippen molar-refractivity contribution in [3.63, 3.8) is 0 Å². The molecule has 0 aliphatic heterocycles. The molecule has 0 unspecified atom stereocenters. The molecule has 0 aromatic heterocycles. The summed E-state index contributed by atoms with van der Waals surface area (Å²) in [7, 11) is 0. The number of rotatable bonds is 6. The maximum Gasteiger partial charge on any atom is 0.338 e. The van der Waals surface area contributed by atoms with Gasteiger partial charge >= 0.3 is 5.97 Å². The second-order valence-electron chi connectivity index (χ2n) is 5.71. The van der Waals surface area contributed by atoms with E-state index in [2.05, 4.69) is 5.32 Å². The van der Waals surface area contributed by atoms with Crippen LogP contribution in [0.5, 0.6) is 0 Å². The normalized spacial score (nSPS) is 11.2. The molecule has 25 heavy (non-hydrogen) atoms. The Hall–Kier alpha value is -3.13. The van der Waals surface area contributed by atoms with Crippen molar-refractivity contribution in [2.75, 3.05) is 6.61 Å². The molecule has 0 heterocycles. The first kappa shape index (κ1) is 18.2. The van der Waals surface area contributed by atoms with Crippen molar-refractivity contribution >= 4 is 11.9 Å². The van der Waals surface area contributed by atoms with E-state index in [1.807, 2.05) is 44.2 Å². The number of nitriles is 1. The third-order valence-electron chi connectivity index (χ3n) is 3.78. The van der Waals surface area contributed by atoms with E-state index in [0.29, 0.717) is 5.56 Å². The molecule has 0 aliphatic rings. The van der Waals surface area contributed by atoms with Gasteiger partial charge in [0, 0.05) is 0 Å². The lowest BCUT2D eigenvalue weighted by Gasteiger charge is -2.17. The van der Waals surface area contributed by atoms with Gasteiger partial charge in [-0.3, -0.25) is 4.79 Å². The maximum atomic E-state index is 12.1. The molecule has 0 aliphatic carbocycles. The predicted molar refractivity (Wildman–Crippen MR) is 93.8 cm³/mol. The van der Waals surface area contributed by atoms with E-state index in [1.54, 1.807) is 18.2 Å². The van der Waals surface area contributed by atoms with Crippen LogP contribution in [0.15, 0.2) is 48.5 Å². The highest BCUT2D eigenvalue weighted by Gasteiger charge is 2.15. The van der Waals surface area contributed by atoms with Gasteiger partial charge in [0.2, 0.25) is 0 Å². The number of carbonyl (C=O) groups is 2. The highest BCUT2D eigenvalue weighted by atomic mass is 16.5. The Balaban J connectivity index is 1.91. The van der Waals surface area contributed by atoms with Gasteiger partial charge in [0.15, 0.2) is 6.61 Å². The van der Waals surface area contributed by atoms with Crippen LogP contribution in [0.4, 0.5) is 0 Å². The minimum absolute atomic E-state index is 0.131. The summed E-state index contributed by atoms with van der Waals surface area (Å²) < 4.78 is 5.03. The number of benzene rings is 2. The number of nitrogens with zero attached hydrogens (tertiary/aromatic N) is 1. The summed E-state index contributed by atoms with van der Waals surface area (Å²) in [5.74, 6) is -0.993. The van der Waals surface area contributed by atoms with Crippen LogP contribution in [0.2, 0.25) is 0 Å². The first-order valence-corrected chi connectivity index (χ1v) is 8.06. The summed E-state index contributed by atoms with van der Waals surface area (Å²) in [6, 6.07) is 15.9. The number of aryl methyl sites for hydroxylation is 1. The standard InChI is InChI=1S/C20H20N2O3/c1-3-18(16-9-7-14(2)8-10-16)22-19(23)13-25-20(24)17-6-4-5-15(11-17)12-21/h4-11,18H,3,13H2,1-2H3,(H,22,23)/t18-/m1/s1. The zero-order valence-electron chi connectivity index (χ0n) is 14.3. The molecular weight excluding hydrogens is 316 g/mol. The van der Waals surface area contributed by atoms with Crippen LogP contribution in [-0.2, 0) is 9.53 Å². The van der Waals surface area contributed by atoms with Crippen LogP contribution in [0, 0.1) is 18.3 Å². The van der Waals surface area contributed by atoms with Crippen molar-refractivity contribution in [3.05, 3.63) is 70.8 Å². The van der Waals surface area contributed by atoms with Gasteiger partial charge in [-0.05, 0) is 37.1 Å². The average molecular weight is 336 g/mol. The van der Waals surface area contributed by atoms with Crippen molar-refractivity contribution in [2.45, 2.75) is 26.3 Å². The highest BCUT2D eigenvalue weighted by molar-refractivity contribution is 5.91. The topological polar surface area (TPSA) is 79.2 Å². The first-order chi connectivity index (χ1) is 12.0.